The van der Waals surface area contributed by atoms with E-state index in [1.807, 2.05) is 0 Å². The molecule has 0 heterocycles. The van der Waals surface area contributed by atoms with Crippen molar-refractivity contribution in [2.75, 3.05) is 0 Å². The Morgan fingerprint density at radius 3 is 2.41 bits per heavy atom. The maximum absolute atomic E-state index is 13.4. The maximum Gasteiger partial charge on any atom is 0.367 e. The smallest absolute Gasteiger partial charge is 0.367 e. The van der Waals surface area contributed by atoms with Gasteiger partial charge in [0.1, 0.15) is 6.10 Å². The van der Waals surface area contributed by atoms with Crippen LogP contribution in [0, 0.1) is 17.3 Å². The minimum atomic E-state index is -0.973. The summed E-state index contributed by atoms with van der Waals surface area (Å²) in [5.74, 6) is -3.97. The van der Waals surface area contributed by atoms with Crippen molar-refractivity contribution in [2.45, 2.75) is 32.8 Å². The van der Waals surface area contributed by atoms with E-state index in [1.54, 1.807) is 13.8 Å². The number of halogens is 1. The summed E-state index contributed by atoms with van der Waals surface area (Å²) in [7, 11) is 0. The highest BCUT2D eigenvalue weighted by Crippen LogP contribution is 2.59. The number of hydrogen-bond donors (Lipinski definition) is 1. The van der Waals surface area contributed by atoms with E-state index in [2.05, 4.69) is 0 Å². The molecule has 2 atom stereocenters. The lowest BCUT2D eigenvalue weighted by atomic mass is 10.1. The number of aliphatic carboxylic acids is 1. The summed E-state index contributed by atoms with van der Waals surface area (Å²) in [6.07, 6.45) is 2.50. The second-order valence-corrected chi connectivity index (χ2v) is 5.28. The Morgan fingerprint density at radius 2 is 2.00 bits per heavy atom. The van der Waals surface area contributed by atoms with Crippen LogP contribution >= 0.6 is 0 Å². The van der Waals surface area contributed by atoms with Gasteiger partial charge in [-0.1, -0.05) is 13.8 Å². The zero-order valence-corrected chi connectivity index (χ0v) is 9.77. The number of carbonyl (C=O) groups excluding carboxylic acids is 1. The Morgan fingerprint density at radius 1 is 1.41 bits per heavy atom. The Bertz CT molecular complexity index is 395. The molecule has 2 fully saturated rings. The molecule has 94 valence electrons. The molecular weight excluding hydrogens is 227 g/mol. The monoisotopic (exact) mass is 242 g/mol. The summed E-state index contributed by atoms with van der Waals surface area (Å²) >= 11 is 0. The number of allylic oxidation sites excluding steroid dienone is 1. The zero-order chi connectivity index (χ0) is 12.8. The van der Waals surface area contributed by atoms with E-state index in [1.165, 1.54) is 0 Å². The van der Waals surface area contributed by atoms with Crippen LogP contribution in [-0.2, 0) is 14.3 Å². The van der Waals surface area contributed by atoms with E-state index in [9.17, 15) is 14.0 Å². The van der Waals surface area contributed by atoms with Crippen molar-refractivity contribution in [3.05, 3.63) is 11.9 Å². The fraction of sp³-hybridized carbons (Fsp3) is 0.667. The second-order valence-electron chi connectivity index (χ2n) is 5.28. The van der Waals surface area contributed by atoms with Gasteiger partial charge in [0, 0.05) is 0 Å². The minimum Gasteiger partial charge on any atom is -0.481 e. The molecule has 2 rings (SSSR count). The fourth-order valence-corrected chi connectivity index (χ4v) is 2.08. The van der Waals surface area contributed by atoms with Crippen LogP contribution in [0.15, 0.2) is 11.9 Å². The summed E-state index contributed by atoms with van der Waals surface area (Å²) in [6, 6.07) is 0. The van der Waals surface area contributed by atoms with Crippen molar-refractivity contribution in [3.8, 4) is 0 Å². The number of esters is 1. The third kappa shape index (κ3) is 2.33. The Hall–Kier alpha value is -1.39. The molecule has 0 bridgehead atoms. The maximum atomic E-state index is 13.4. The molecule has 0 radical (unpaired) electrons. The first-order valence-electron chi connectivity index (χ1n) is 5.65. The van der Waals surface area contributed by atoms with Gasteiger partial charge in [-0.05, 0) is 30.3 Å². The summed E-state index contributed by atoms with van der Waals surface area (Å²) in [5.41, 5.74) is -0.497. The molecule has 0 spiro atoms. The van der Waals surface area contributed by atoms with Crippen molar-refractivity contribution in [1.29, 1.82) is 0 Å². The van der Waals surface area contributed by atoms with E-state index >= 15 is 0 Å². The number of ether oxygens (including phenoxy) is 1. The van der Waals surface area contributed by atoms with Gasteiger partial charge in [0.2, 0.25) is 5.83 Å². The van der Waals surface area contributed by atoms with Crippen LogP contribution < -0.4 is 0 Å². The molecule has 5 heteroatoms. The summed E-state index contributed by atoms with van der Waals surface area (Å²) < 4.78 is 18.2. The molecule has 2 saturated carbocycles. The molecule has 17 heavy (non-hydrogen) atoms. The number of carboxylic acid groups (broad SMARTS) is 1. The predicted octanol–water partition coefficient (Wildman–Crippen LogP) is 1.90. The third-order valence-corrected chi connectivity index (χ3v) is 3.50. The quantitative estimate of drug-likeness (QED) is 0.604. The van der Waals surface area contributed by atoms with Crippen LogP contribution in [-0.4, -0.2) is 23.1 Å². The molecule has 2 aliphatic carbocycles. The topological polar surface area (TPSA) is 63.6 Å². The van der Waals surface area contributed by atoms with E-state index < -0.39 is 35.0 Å². The summed E-state index contributed by atoms with van der Waals surface area (Å²) in [5, 5.41) is 8.90. The molecular formula is C12H15FO4. The van der Waals surface area contributed by atoms with Gasteiger partial charge in [0.25, 0.3) is 0 Å². The van der Waals surface area contributed by atoms with Gasteiger partial charge < -0.3 is 9.84 Å². The highest BCUT2D eigenvalue weighted by Gasteiger charge is 2.61. The molecule has 0 aromatic carbocycles. The third-order valence-electron chi connectivity index (χ3n) is 3.50. The summed E-state index contributed by atoms with van der Waals surface area (Å²) in [4.78, 5) is 22.1. The predicted molar refractivity (Wildman–Crippen MR) is 56.7 cm³/mol. The highest BCUT2D eigenvalue weighted by molar-refractivity contribution is 5.87. The normalized spacial score (nSPS) is 30.9. The van der Waals surface area contributed by atoms with E-state index in [0.29, 0.717) is 0 Å². The average molecular weight is 242 g/mol. The largest absolute Gasteiger partial charge is 0.481 e. The first-order valence-corrected chi connectivity index (χ1v) is 5.65. The van der Waals surface area contributed by atoms with Gasteiger partial charge in [-0.15, -0.1) is 0 Å². The molecule has 0 amide bonds. The van der Waals surface area contributed by atoms with Crippen molar-refractivity contribution in [2.24, 2.45) is 17.3 Å². The van der Waals surface area contributed by atoms with Crippen molar-refractivity contribution >= 4 is 11.9 Å². The second kappa shape index (κ2) is 3.82. The van der Waals surface area contributed by atoms with Crippen molar-refractivity contribution in [1.82, 2.24) is 0 Å². The van der Waals surface area contributed by atoms with Gasteiger partial charge >= 0.3 is 11.9 Å². The summed E-state index contributed by atoms with van der Waals surface area (Å²) in [6.45, 7) is 3.49. The first kappa shape index (κ1) is 12.1. The van der Waals surface area contributed by atoms with Gasteiger partial charge in [0.15, 0.2) is 0 Å². The standard InChI is InChI=1S/C12H15FO4/c1-12(2)7(9(12)10(14)15)5-8(13)11(16)17-6-3-4-6/h5-7,9H,3-4H2,1-2H3,(H,14,15)/b8-5+/t7?,9-/m0/s1. The minimum absolute atomic E-state index is 0.149. The molecule has 1 N–H and O–H groups in total. The number of carboxylic acids is 1. The lowest BCUT2D eigenvalue weighted by molar-refractivity contribution is -0.142. The van der Waals surface area contributed by atoms with Crippen LogP contribution in [0.2, 0.25) is 0 Å². The Kier molecular flexibility index (Phi) is 2.72. The van der Waals surface area contributed by atoms with Crippen LogP contribution in [0.1, 0.15) is 26.7 Å². The lowest BCUT2D eigenvalue weighted by Crippen LogP contribution is -2.07. The van der Waals surface area contributed by atoms with Crippen LogP contribution in [0.5, 0.6) is 0 Å². The molecule has 0 aliphatic heterocycles. The van der Waals surface area contributed by atoms with Crippen molar-refractivity contribution < 1.29 is 23.8 Å². The van der Waals surface area contributed by atoms with Crippen LogP contribution in [0.4, 0.5) is 4.39 Å². The van der Waals surface area contributed by atoms with Crippen LogP contribution in [0.3, 0.4) is 0 Å². The van der Waals surface area contributed by atoms with E-state index in [4.69, 9.17) is 9.84 Å². The van der Waals surface area contributed by atoms with Crippen LogP contribution in [0.25, 0.3) is 0 Å². The van der Waals surface area contributed by atoms with E-state index in [-0.39, 0.29) is 6.10 Å². The number of hydrogen-bond acceptors (Lipinski definition) is 3. The first-order chi connectivity index (χ1) is 7.84. The molecule has 1 unspecified atom stereocenters. The van der Waals surface area contributed by atoms with Gasteiger partial charge in [-0.3, -0.25) is 4.79 Å². The van der Waals surface area contributed by atoms with Gasteiger partial charge in [-0.2, -0.15) is 4.39 Å². The van der Waals surface area contributed by atoms with Gasteiger partial charge in [0.05, 0.1) is 5.92 Å². The number of carbonyl (C=O) groups is 2. The van der Waals surface area contributed by atoms with Gasteiger partial charge in [-0.25, -0.2) is 4.79 Å². The zero-order valence-electron chi connectivity index (χ0n) is 9.77. The molecule has 2 aliphatic rings. The lowest BCUT2D eigenvalue weighted by Gasteiger charge is -2.00. The Balaban J connectivity index is 1.99. The molecule has 0 aromatic heterocycles. The molecule has 0 saturated heterocycles. The number of rotatable bonds is 4. The Labute approximate surface area is 98.4 Å². The molecule has 0 aromatic rings. The van der Waals surface area contributed by atoms with Crippen molar-refractivity contribution in [3.63, 3.8) is 0 Å². The fourth-order valence-electron chi connectivity index (χ4n) is 2.08. The van der Waals surface area contributed by atoms with E-state index in [0.717, 1.165) is 18.9 Å². The highest BCUT2D eigenvalue weighted by atomic mass is 19.1. The SMILES string of the molecule is CC1(C)C(/C=C(/F)C(=O)OC2CC2)[C@H]1C(=O)O. The average Bonchev–Trinajstić information content (AvgIpc) is 3.06. The molecule has 4 nitrogen and oxygen atoms in total.